The minimum absolute atomic E-state index is 0.0838. The summed E-state index contributed by atoms with van der Waals surface area (Å²) in [6.07, 6.45) is -2.23. The molecule has 0 N–H and O–H groups in total. The molecule has 0 heterocycles. The van der Waals surface area contributed by atoms with Gasteiger partial charge in [-0.2, -0.15) is 13.2 Å². The van der Waals surface area contributed by atoms with E-state index in [2.05, 4.69) is 0 Å². The lowest BCUT2D eigenvalue weighted by Gasteiger charge is -2.06. The minimum atomic E-state index is -4.46. The molecule has 2 aromatic rings. The highest BCUT2D eigenvalue weighted by molar-refractivity contribution is 5.87. The number of carbonyl (C=O) groups excluding carboxylic acids is 1. The Hall–Kier alpha value is -3.16. The maximum absolute atomic E-state index is 12.6. The van der Waals surface area contributed by atoms with Gasteiger partial charge in [-0.15, -0.1) is 0 Å². The van der Waals surface area contributed by atoms with Crippen LogP contribution in [0.15, 0.2) is 54.6 Å². The summed E-state index contributed by atoms with van der Waals surface area (Å²) in [5.41, 5.74) is -0.137. The number of halogens is 3. The molecule has 0 radical (unpaired) electrons. The maximum atomic E-state index is 12.6. The van der Waals surface area contributed by atoms with E-state index in [9.17, 15) is 28.1 Å². The number of hydrogen-bond donors (Lipinski definition) is 0. The minimum Gasteiger partial charge on any atom is -0.458 e. The second-order valence-corrected chi connectivity index (χ2v) is 4.99. The van der Waals surface area contributed by atoms with Gasteiger partial charge in [-0.25, -0.2) is 4.79 Å². The third kappa shape index (κ3) is 5.45. The summed E-state index contributed by atoms with van der Waals surface area (Å²) in [6.45, 7) is -0.107. The van der Waals surface area contributed by atoms with Crippen molar-refractivity contribution in [3.8, 4) is 0 Å². The zero-order chi connectivity index (χ0) is 18.4. The average Bonchev–Trinajstić information content (AvgIpc) is 2.58. The van der Waals surface area contributed by atoms with E-state index in [0.717, 1.165) is 18.2 Å². The van der Waals surface area contributed by atoms with Crippen molar-refractivity contribution in [3.05, 3.63) is 81.4 Å². The molecule has 8 heteroatoms. The van der Waals surface area contributed by atoms with Gasteiger partial charge in [-0.1, -0.05) is 12.1 Å². The maximum Gasteiger partial charge on any atom is 0.416 e. The van der Waals surface area contributed by atoms with Gasteiger partial charge in [0, 0.05) is 18.2 Å². The van der Waals surface area contributed by atoms with Crippen LogP contribution < -0.4 is 0 Å². The lowest BCUT2D eigenvalue weighted by molar-refractivity contribution is -0.384. The fourth-order valence-electron chi connectivity index (χ4n) is 1.90. The Kier molecular flexibility index (Phi) is 5.53. The summed E-state index contributed by atoms with van der Waals surface area (Å²) < 4.78 is 42.7. The highest BCUT2D eigenvalue weighted by Gasteiger charge is 2.30. The van der Waals surface area contributed by atoms with Crippen molar-refractivity contribution in [2.45, 2.75) is 12.8 Å². The molecule has 2 rings (SSSR count). The molecule has 0 fully saturated rings. The van der Waals surface area contributed by atoms with Crippen molar-refractivity contribution < 1.29 is 27.6 Å². The van der Waals surface area contributed by atoms with Gasteiger partial charge >= 0.3 is 12.1 Å². The number of carbonyl (C=O) groups is 1. The van der Waals surface area contributed by atoms with Gasteiger partial charge in [0.2, 0.25) is 0 Å². The number of alkyl halides is 3. The van der Waals surface area contributed by atoms with E-state index in [-0.39, 0.29) is 17.9 Å². The molecule has 0 saturated carbocycles. The summed E-state index contributed by atoms with van der Waals surface area (Å²) in [5, 5.41) is 10.5. The van der Waals surface area contributed by atoms with Crippen LogP contribution in [-0.4, -0.2) is 10.9 Å². The van der Waals surface area contributed by atoms with E-state index in [1.807, 2.05) is 0 Å². The molecule has 25 heavy (non-hydrogen) atoms. The molecular formula is C17H12F3NO4. The molecule has 0 unspecified atom stereocenters. The predicted molar refractivity (Wildman–Crippen MR) is 83.4 cm³/mol. The first-order chi connectivity index (χ1) is 11.8. The molecular weight excluding hydrogens is 339 g/mol. The smallest absolute Gasteiger partial charge is 0.416 e. The third-order valence-corrected chi connectivity index (χ3v) is 3.15. The molecule has 0 saturated heterocycles. The normalized spacial score (nSPS) is 11.5. The molecule has 2 aromatic carbocycles. The first-order valence-electron chi connectivity index (χ1n) is 7.01. The number of hydrogen-bond acceptors (Lipinski definition) is 4. The first kappa shape index (κ1) is 18.2. The second-order valence-electron chi connectivity index (χ2n) is 4.99. The van der Waals surface area contributed by atoms with Crippen LogP contribution in [0.1, 0.15) is 16.7 Å². The van der Waals surface area contributed by atoms with Gasteiger partial charge in [0.25, 0.3) is 5.69 Å². The number of non-ortho nitro benzene ring substituents is 1. The van der Waals surface area contributed by atoms with Crippen LogP contribution in [-0.2, 0) is 22.3 Å². The van der Waals surface area contributed by atoms with Crippen molar-refractivity contribution >= 4 is 17.7 Å². The molecule has 0 aliphatic rings. The summed E-state index contributed by atoms with van der Waals surface area (Å²) >= 11 is 0. The number of nitrogens with zero attached hydrogens (tertiary/aromatic N) is 1. The van der Waals surface area contributed by atoms with Crippen LogP contribution in [0, 0.1) is 10.1 Å². The van der Waals surface area contributed by atoms with E-state index in [4.69, 9.17) is 4.74 Å². The summed E-state index contributed by atoms with van der Waals surface area (Å²) in [6, 6.07) is 9.97. The Bertz CT molecular complexity index is 798. The van der Waals surface area contributed by atoms with Crippen LogP contribution in [0.25, 0.3) is 6.08 Å². The largest absolute Gasteiger partial charge is 0.458 e. The molecule has 130 valence electrons. The van der Waals surface area contributed by atoms with Gasteiger partial charge in [0.05, 0.1) is 10.5 Å². The van der Waals surface area contributed by atoms with Crippen molar-refractivity contribution in [3.63, 3.8) is 0 Å². The Balaban J connectivity index is 1.94. The molecule has 0 aliphatic heterocycles. The zero-order valence-corrected chi connectivity index (χ0v) is 12.7. The number of nitro groups is 1. The predicted octanol–water partition coefficient (Wildman–Crippen LogP) is 4.37. The Morgan fingerprint density at radius 2 is 1.84 bits per heavy atom. The SMILES string of the molecule is O=C(C=Cc1cccc(C(F)(F)F)c1)OCc1ccc([N+](=O)[O-])cc1. The summed E-state index contributed by atoms with van der Waals surface area (Å²) in [7, 11) is 0. The molecule has 0 amide bonds. The van der Waals surface area contributed by atoms with E-state index in [0.29, 0.717) is 5.56 Å². The van der Waals surface area contributed by atoms with Crippen molar-refractivity contribution in [2.75, 3.05) is 0 Å². The van der Waals surface area contributed by atoms with Crippen molar-refractivity contribution in [1.29, 1.82) is 0 Å². The first-order valence-corrected chi connectivity index (χ1v) is 7.01. The third-order valence-electron chi connectivity index (χ3n) is 3.15. The van der Waals surface area contributed by atoms with Crippen LogP contribution in [0.3, 0.4) is 0 Å². The highest BCUT2D eigenvalue weighted by atomic mass is 19.4. The molecule has 5 nitrogen and oxygen atoms in total. The molecule has 0 spiro atoms. The quantitative estimate of drug-likeness (QED) is 0.347. The summed E-state index contributed by atoms with van der Waals surface area (Å²) in [5.74, 6) is -0.740. The highest BCUT2D eigenvalue weighted by Crippen LogP contribution is 2.29. The number of benzene rings is 2. The van der Waals surface area contributed by atoms with Gasteiger partial charge < -0.3 is 4.74 Å². The lowest BCUT2D eigenvalue weighted by Crippen LogP contribution is -2.04. The van der Waals surface area contributed by atoms with Crippen LogP contribution >= 0.6 is 0 Å². The summed E-state index contributed by atoms with van der Waals surface area (Å²) in [4.78, 5) is 21.6. The molecule has 0 aliphatic carbocycles. The molecule has 0 aromatic heterocycles. The van der Waals surface area contributed by atoms with Crippen LogP contribution in [0.5, 0.6) is 0 Å². The number of nitro benzene ring substituents is 1. The standard InChI is InChI=1S/C17H12F3NO4/c18-17(19,20)14-3-1-2-12(10-14)6-9-16(22)25-11-13-4-7-15(8-5-13)21(23)24/h1-10H,11H2. The Morgan fingerprint density at radius 3 is 2.44 bits per heavy atom. The van der Waals surface area contributed by atoms with E-state index >= 15 is 0 Å². The molecule has 0 atom stereocenters. The van der Waals surface area contributed by atoms with Crippen LogP contribution in [0.4, 0.5) is 18.9 Å². The van der Waals surface area contributed by atoms with Crippen LogP contribution in [0.2, 0.25) is 0 Å². The Morgan fingerprint density at radius 1 is 1.16 bits per heavy atom. The Labute approximate surface area is 140 Å². The van der Waals surface area contributed by atoms with Gasteiger partial charge in [0.1, 0.15) is 6.61 Å². The van der Waals surface area contributed by atoms with E-state index < -0.39 is 22.6 Å². The number of ether oxygens (including phenoxy) is 1. The molecule has 0 bridgehead atoms. The average molecular weight is 351 g/mol. The lowest BCUT2D eigenvalue weighted by atomic mass is 10.1. The van der Waals surface area contributed by atoms with E-state index in [1.54, 1.807) is 0 Å². The van der Waals surface area contributed by atoms with E-state index in [1.165, 1.54) is 42.5 Å². The monoisotopic (exact) mass is 351 g/mol. The number of esters is 1. The van der Waals surface area contributed by atoms with Crippen molar-refractivity contribution in [1.82, 2.24) is 0 Å². The fraction of sp³-hybridized carbons (Fsp3) is 0.118. The topological polar surface area (TPSA) is 69.4 Å². The van der Waals surface area contributed by atoms with Gasteiger partial charge in [-0.3, -0.25) is 10.1 Å². The van der Waals surface area contributed by atoms with Crippen molar-refractivity contribution in [2.24, 2.45) is 0 Å². The van der Waals surface area contributed by atoms with Gasteiger partial charge in [-0.05, 0) is 41.5 Å². The zero-order valence-electron chi connectivity index (χ0n) is 12.7. The fourth-order valence-corrected chi connectivity index (χ4v) is 1.90. The number of rotatable bonds is 5. The second kappa shape index (κ2) is 7.61. The van der Waals surface area contributed by atoms with Gasteiger partial charge in [0.15, 0.2) is 0 Å².